The van der Waals surface area contributed by atoms with Crippen LogP contribution in [0.5, 0.6) is 11.5 Å². The highest BCUT2D eigenvalue weighted by molar-refractivity contribution is 5.98. The summed E-state index contributed by atoms with van der Waals surface area (Å²) in [6.45, 7) is 0.537. The van der Waals surface area contributed by atoms with Gasteiger partial charge in [-0.2, -0.15) is 0 Å². The quantitative estimate of drug-likeness (QED) is 0.381. The van der Waals surface area contributed by atoms with E-state index in [9.17, 15) is 15.0 Å². The summed E-state index contributed by atoms with van der Waals surface area (Å²) in [5.74, 6) is -0.645. The van der Waals surface area contributed by atoms with E-state index in [1.54, 1.807) is 0 Å². The number of carbonyl (C=O) groups excluding carboxylic acids is 1. The molecule has 116 valence electrons. The van der Waals surface area contributed by atoms with E-state index in [4.69, 9.17) is 9.90 Å². The SMILES string of the molecule is O=C(CNCc1ccccc1)c1ccc(O)c(O)c1.O=CO. The average Bonchev–Trinajstić information content (AvgIpc) is 2.52. The molecule has 2 aromatic rings. The molecule has 2 aromatic carbocycles. The molecular weight excluding hydrogens is 286 g/mol. The summed E-state index contributed by atoms with van der Waals surface area (Å²) in [6, 6.07) is 13.8. The van der Waals surface area contributed by atoms with Gasteiger partial charge in [0, 0.05) is 12.1 Å². The Kier molecular flexibility index (Phi) is 7.15. The van der Waals surface area contributed by atoms with Crippen molar-refractivity contribution in [3.05, 3.63) is 59.7 Å². The number of ketones is 1. The number of carboxylic acid groups (broad SMARTS) is 1. The maximum absolute atomic E-state index is 11.8. The van der Waals surface area contributed by atoms with E-state index >= 15 is 0 Å². The summed E-state index contributed by atoms with van der Waals surface area (Å²) in [5.41, 5.74) is 1.47. The number of carbonyl (C=O) groups is 2. The van der Waals surface area contributed by atoms with Crippen LogP contribution in [0.15, 0.2) is 48.5 Å². The summed E-state index contributed by atoms with van der Waals surface area (Å²) < 4.78 is 0. The fourth-order valence-corrected chi connectivity index (χ4v) is 1.72. The lowest BCUT2D eigenvalue weighted by Gasteiger charge is -2.05. The van der Waals surface area contributed by atoms with Crippen LogP contribution in [0.2, 0.25) is 0 Å². The number of phenolic OH excluding ortho intramolecular Hbond substituents is 2. The fraction of sp³-hybridized carbons (Fsp3) is 0.125. The lowest BCUT2D eigenvalue weighted by Crippen LogP contribution is -2.22. The summed E-state index contributed by atoms with van der Waals surface area (Å²) in [5, 5.41) is 28.4. The summed E-state index contributed by atoms with van der Waals surface area (Å²) in [4.78, 5) is 20.2. The van der Waals surface area contributed by atoms with E-state index in [1.165, 1.54) is 18.2 Å². The van der Waals surface area contributed by atoms with Crippen LogP contribution in [-0.4, -0.2) is 34.1 Å². The van der Waals surface area contributed by atoms with E-state index in [2.05, 4.69) is 5.32 Å². The molecular formula is C16H17NO5. The Labute approximate surface area is 127 Å². The van der Waals surface area contributed by atoms with Gasteiger partial charge >= 0.3 is 0 Å². The zero-order chi connectivity index (χ0) is 16.4. The minimum absolute atomic E-state index is 0.133. The molecule has 0 atom stereocenters. The van der Waals surface area contributed by atoms with Gasteiger partial charge in [0.2, 0.25) is 0 Å². The highest BCUT2D eigenvalue weighted by Crippen LogP contribution is 2.24. The molecule has 0 heterocycles. The first-order valence-corrected chi connectivity index (χ1v) is 6.46. The normalized spacial score (nSPS) is 9.45. The van der Waals surface area contributed by atoms with Gasteiger partial charge in [-0.3, -0.25) is 9.59 Å². The van der Waals surface area contributed by atoms with Crippen LogP contribution in [0.3, 0.4) is 0 Å². The molecule has 6 nitrogen and oxygen atoms in total. The molecule has 6 heteroatoms. The standard InChI is InChI=1S/C15H15NO3.CH2O2/c17-13-7-6-12(8-14(13)18)15(19)10-16-9-11-4-2-1-3-5-11;2-1-3/h1-8,16-18H,9-10H2;1H,(H,2,3). The summed E-state index contributed by atoms with van der Waals surface area (Å²) in [6.07, 6.45) is 0. The smallest absolute Gasteiger partial charge is 0.290 e. The molecule has 0 amide bonds. The topological polar surface area (TPSA) is 107 Å². The van der Waals surface area contributed by atoms with E-state index in [1.807, 2.05) is 30.3 Å². The van der Waals surface area contributed by atoms with Crippen molar-refractivity contribution in [2.75, 3.05) is 6.54 Å². The molecule has 4 N–H and O–H groups in total. The van der Waals surface area contributed by atoms with Crippen LogP contribution >= 0.6 is 0 Å². The van der Waals surface area contributed by atoms with Gasteiger partial charge in [0.1, 0.15) is 0 Å². The Morgan fingerprint density at radius 3 is 2.27 bits per heavy atom. The Morgan fingerprint density at radius 1 is 1.05 bits per heavy atom. The predicted octanol–water partition coefficient (Wildman–Crippen LogP) is 1.77. The number of benzene rings is 2. The molecule has 0 spiro atoms. The van der Waals surface area contributed by atoms with E-state index in [-0.39, 0.29) is 30.3 Å². The third-order valence-electron chi connectivity index (χ3n) is 2.75. The Hall–Kier alpha value is -2.86. The second kappa shape index (κ2) is 9.15. The number of phenols is 2. The molecule has 22 heavy (non-hydrogen) atoms. The third kappa shape index (κ3) is 5.64. The number of hydrogen-bond donors (Lipinski definition) is 4. The molecule has 2 rings (SSSR count). The highest BCUT2D eigenvalue weighted by Gasteiger charge is 2.08. The number of hydrogen-bond acceptors (Lipinski definition) is 5. The Balaban J connectivity index is 0.000000745. The Morgan fingerprint density at radius 2 is 1.68 bits per heavy atom. The van der Waals surface area contributed by atoms with Crippen LogP contribution in [0.1, 0.15) is 15.9 Å². The zero-order valence-corrected chi connectivity index (χ0v) is 11.8. The van der Waals surface area contributed by atoms with Crippen LogP contribution < -0.4 is 5.32 Å². The molecule has 0 aromatic heterocycles. The minimum Gasteiger partial charge on any atom is -0.504 e. The van der Waals surface area contributed by atoms with Crippen molar-refractivity contribution >= 4 is 12.3 Å². The van der Waals surface area contributed by atoms with Crippen molar-refractivity contribution in [3.8, 4) is 11.5 Å². The van der Waals surface area contributed by atoms with Gasteiger partial charge in [0.05, 0.1) is 6.54 Å². The monoisotopic (exact) mass is 303 g/mol. The van der Waals surface area contributed by atoms with E-state index < -0.39 is 0 Å². The van der Waals surface area contributed by atoms with E-state index in [0.717, 1.165) is 5.56 Å². The number of aromatic hydroxyl groups is 2. The van der Waals surface area contributed by atoms with Crippen LogP contribution in [-0.2, 0) is 11.3 Å². The second-order valence-electron chi connectivity index (χ2n) is 4.32. The van der Waals surface area contributed by atoms with Gasteiger partial charge in [-0.05, 0) is 23.8 Å². The first-order chi connectivity index (χ1) is 10.6. The van der Waals surface area contributed by atoms with Crippen LogP contribution in [0.25, 0.3) is 0 Å². The van der Waals surface area contributed by atoms with Gasteiger partial charge in [0.25, 0.3) is 6.47 Å². The molecule has 0 aliphatic carbocycles. The van der Waals surface area contributed by atoms with Gasteiger partial charge < -0.3 is 20.6 Å². The van der Waals surface area contributed by atoms with Crippen molar-refractivity contribution in [2.24, 2.45) is 0 Å². The molecule has 0 unspecified atom stereocenters. The summed E-state index contributed by atoms with van der Waals surface area (Å²) in [7, 11) is 0. The number of Topliss-reactive ketones (excluding diaryl/α,β-unsaturated/α-hetero) is 1. The molecule has 0 radical (unpaired) electrons. The molecule has 0 saturated heterocycles. The molecule has 0 fully saturated rings. The first-order valence-electron chi connectivity index (χ1n) is 6.46. The lowest BCUT2D eigenvalue weighted by atomic mass is 10.1. The predicted molar refractivity (Wildman–Crippen MR) is 80.9 cm³/mol. The van der Waals surface area contributed by atoms with Crippen LogP contribution in [0.4, 0.5) is 0 Å². The largest absolute Gasteiger partial charge is 0.504 e. The van der Waals surface area contributed by atoms with Crippen molar-refractivity contribution in [2.45, 2.75) is 6.54 Å². The van der Waals surface area contributed by atoms with Crippen molar-refractivity contribution in [1.29, 1.82) is 0 Å². The van der Waals surface area contributed by atoms with Crippen molar-refractivity contribution in [3.63, 3.8) is 0 Å². The number of nitrogens with one attached hydrogen (secondary N) is 1. The maximum Gasteiger partial charge on any atom is 0.290 e. The second-order valence-corrected chi connectivity index (χ2v) is 4.32. The number of rotatable bonds is 5. The van der Waals surface area contributed by atoms with Crippen LogP contribution in [0, 0.1) is 0 Å². The van der Waals surface area contributed by atoms with Gasteiger partial charge in [-0.1, -0.05) is 30.3 Å². The lowest BCUT2D eigenvalue weighted by molar-refractivity contribution is -0.122. The average molecular weight is 303 g/mol. The van der Waals surface area contributed by atoms with Crippen molar-refractivity contribution in [1.82, 2.24) is 5.32 Å². The zero-order valence-electron chi connectivity index (χ0n) is 11.8. The maximum atomic E-state index is 11.8. The van der Waals surface area contributed by atoms with Crippen molar-refractivity contribution < 1.29 is 24.9 Å². The highest BCUT2D eigenvalue weighted by atomic mass is 16.3. The minimum atomic E-state index is -0.283. The van der Waals surface area contributed by atoms with Gasteiger partial charge in [-0.25, -0.2) is 0 Å². The summed E-state index contributed by atoms with van der Waals surface area (Å²) >= 11 is 0. The fourth-order valence-electron chi connectivity index (χ4n) is 1.72. The molecule has 0 saturated carbocycles. The molecule has 0 bridgehead atoms. The first kappa shape index (κ1) is 17.2. The Bertz CT molecular complexity index is 613. The van der Waals surface area contributed by atoms with Gasteiger partial charge in [0.15, 0.2) is 17.3 Å². The van der Waals surface area contributed by atoms with Gasteiger partial charge in [-0.15, -0.1) is 0 Å². The third-order valence-corrected chi connectivity index (χ3v) is 2.75. The molecule has 0 aliphatic rings. The molecule has 0 aliphatic heterocycles. The van der Waals surface area contributed by atoms with E-state index in [0.29, 0.717) is 12.1 Å².